The third kappa shape index (κ3) is 6.65. The molecule has 0 saturated carbocycles. The maximum absolute atomic E-state index is 12.4. The molecular formula is C22H31NO7S. The number of hydrogen-bond acceptors (Lipinski definition) is 8. The largest absolute Gasteiger partial charge is 0.459 e. The van der Waals surface area contributed by atoms with Crippen molar-refractivity contribution in [1.82, 2.24) is 5.32 Å². The number of ether oxygens (including phenoxy) is 2. The van der Waals surface area contributed by atoms with Crippen molar-refractivity contribution in [3.8, 4) is 0 Å². The zero-order valence-corrected chi connectivity index (χ0v) is 18.7. The van der Waals surface area contributed by atoms with Crippen LogP contribution in [-0.2, 0) is 19.1 Å². The molecule has 9 heteroatoms. The lowest BCUT2D eigenvalue weighted by atomic mass is 9.89. The molecular weight excluding hydrogens is 422 g/mol. The molecule has 0 aromatic carbocycles. The average molecular weight is 454 g/mol. The molecule has 3 aliphatic heterocycles. The molecule has 2 bridgehead atoms. The van der Waals surface area contributed by atoms with Crippen molar-refractivity contribution in [1.29, 1.82) is 0 Å². The topological polar surface area (TPSA) is 122 Å². The number of amides is 1. The number of rotatable bonds is 1. The minimum Gasteiger partial charge on any atom is -0.459 e. The number of fused-ring (bicyclic) bond motifs is 2. The molecule has 0 spiro atoms. The van der Waals surface area contributed by atoms with Gasteiger partial charge in [0.05, 0.1) is 18.2 Å². The van der Waals surface area contributed by atoms with Gasteiger partial charge in [-0.05, 0) is 38.7 Å². The summed E-state index contributed by atoms with van der Waals surface area (Å²) in [6.45, 7) is 3.60. The van der Waals surface area contributed by atoms with Gasteiger partial charge in [-0.15, -0.1) is 0 Å². The highest BCUT2D eigenvalue weighted by Crippen LogP contribution is 2.37. The summed E-state index contributed by atoms with van der Waals surface area (Å²) in [7, 11) is 0. The molecule has 172 valence electrons. The van der Waals surface area contributed by atoms with E-state index in [-0.39, 0.29) is 23.4 Å². The lowest BCUT2D eigenvalue weighted by Crippen LogP contribution is -2.58. The number of nitrogens with one attached hydrogen (secondary N) is 1. The number of thioether (sulfide) groups is 1. The molecule has 3 rings (SSSR count). The minimum atomic E-state index is -1.64. The fraction of sp³-hybridized carbons (Fsp3) is 0.682. The third-order valence-corrected chi connectivity index (χ3v) is 6.89. The van der Waals surface area contributed by atoms with Gasteiger partial charge in [-0.3, -0.25) is 9.59 Å². The highest BCUT2D eigenvalue weighted by atomic mass is 32.2. The van der Waals surface area contributed by atoms with Crippen LogP contribution >= 0.6 is 11.8 Å². The van der Waals surface area contributed by atoms with Crippen LogP contribution in [-0.4, -0.2) is 63.1 Å². The molecule has 0 aromatic heterocycles. The maximum atomic E-state index is 12.4. The molecule has 8 nitrogen and oxygen atoms in total. The number of aliphatic hydroxyl groups is 2. The van der Waals surface area contributed by atoms with Crippen molar-refractivity contribution in [2.45, 2.75) is 82.5 Å². The van der Waals surface area contributed by atoms with Crippen molar-refractivity contribution in [3.63, 3.8) is 0 Å². The molecule has 3 N–H and O–H groups in total. The Hall–Kier alpha value is -1.68. The lowest BCUT2D eigenvalue weighted by molar-refractivity contribution is -0.283. The molecule has 3 heterocycles. The first kappa shape index (κ1) is 24.0. The number of aliphatic hydroxyl groups excluding tert-OH is 1. The van der Waals surface area contributed by atoms with Crippen LogP contribution in [0.3, 0.4) is 0 Å². The summed E-state index contributed by atoms with van der Waals surface area (Å²) in [5.74, 6) is -2.14. The first-order chi connectivity index (χ1) is 14.6. The van der Waals surface area contributed by atoms with Gasteiger partial charge in [0.25, 0.3) is 5.24 Å². The molecule has 31 heavy (non-hydrogen) atoms. The molecule has 6 atom stereocenters. The molecule has 3 aliphatic rings. The minimum absolute atomic E-state index is 0.0591. The Balaban J connectivity index is 1.80. The van der Waals surface area contributed by atoms with E-state index in [1.165, 1.54) is 18.2 Å². The number of carbonyl (C=O) groups excluding carboxylic acids is 3. The smallest absolute Gasteiger partial charge is 0.330 e. The molecule has 2 fully saturated rings. The Kier molecular flexibility index (Phi) is 7.96. The van der Waals surface area contributed by atoms with Crippen LogP contribution in [0, 0.1) is 5.92 Å². The van der Waals surface area contributed by atoms with Gasteiger partial charge in [0, 0.05) is 30.6 Å². The van der Waals surface area contributed by atoms with E-state index in [4.69, 9.17) is 9.47 Å². The number of ketones is 1. The van der Waals surface area contributed by atoms with Crippen molar-refractivity contribution in [2.24, 2.45) is 5.92 Å². The van der Waals surface area contributed by atoms with Crippen molar-refractivity contribution < 1.29 is 34.1 Å². The van der Waals surface area contributed by atoms with E-state index in [2.05, 4.69) is 5.32 Å². The van der Waals surface area contributed by atoms with Gasteiger partial charge in [0.15, 0.2) is 11.6 Å². The van der Waals surface area contributed by atoms with Gasteiger partial charge in [-0.2, -0.15) is 0 Å². The zero-order valence-electron chi connectivity index (χ0n) is 17.9. The van der Waals surface area contributed by atoms with Crippen LogP contribution in [0.1, 0.15) is 52.4 Å². The van der Waals surface area contributed by atoms with Gasteiger partial charge in [-0.25, -0.2) is 4.79 Å². The predicted octanol–water partition coefficient (Wildman–Crippen LogP) is 2.23. The summed E-state index contributed by atoms with van der Waals surface area (Å²) in [5, 5.41) is 23.8. The first-order valence-electron chi connectivity index (χ1n) is 10.8. The second-order valence-corrected chi connectivity index (χ2v) is 9.71. The van der Waals surface area contributed by atoms with Crippen LogP contribution in [0.4, 0.5) is 4.79 Å². The van der Waals surface area contributed by atoms with E-state index >= 15 is 0 Å². The predicted molar refractivity (Wildman–Crippen MR) is 115 cm³/mol. The summed E-state index contributed by atoms with van der Waals surface area (Å²) in [6, 6.07) is -0.597. The molecule has 0 unspecified atom stereocenters. The molecule has 0 aromatic rings. The number of esters is 1. The number of allylic oxidation sites excluding steroid dienone is 2. The van der Waals surface area contributed by atoms with Crippen LogP contribution in [0.25, 0.3) is 0 Å². The number of hydrogen-bond donors (Lipinski definition) is 3. The highest BCUT2D eigenvalue weighted by molar-refractivity contribution is 8.14. The van der Waals surface area contributed by atoms with Gasteiger partial charge < -0.3 is 25.0 Å². The normalized spacial score (nSPS) is 41.1. The van der Waals surface area contributed by atoms with Gasteiger partial charge >= 0.3 is 5.97 Å². The Morgan fingerprint density at radius 3 is 2.68 bits per heavy atom. The van der Waals surface area contributed by atoms with Gasteiger partial charge in [0.2, 0.25) is 0 Å². The van der Waals surface area contributed by atoms with E-state index in [0.717, 1.165) is 17.3 Å². The average Bonchev–Trinajstić information content (AvgIpc) is 3.14. The SMILES string of the molecule is C/C1=C/C(=O)O[C@@H]2C[C@@H](CC[C@H](C)C(=O)/C=C/[C@@H](O)CC1)O[C@@](O)([C@@H]1CSC(=O)N1)C2. The van der Waals surface area contributed by atoms with E-state index in [0.29, 0.717) is 37.9 Å². The van der Waals surface area contributed by atoms with E-state index in [1.54, 1.807) is 6.92 Å². The second kappa shape index (κ2) is 10.3. The van der Waals surface area contributed by atoms with Crippen LogP contribution in [0.5, 0.6) is 0 Å². The lowest BCUT2D eigenvalue weighted by Gasteiger charge is -2.43. The fourth-order valence-corrected chi connectivity index (χ4v) is 4.99. The van der Waals surface area contributed by atoms with Gasteiger partial charge in [0.1, 0.15) is 6.10 Å². The van der Waals surface area contributed by atoms with E-state index in [1.807, 2.05) is 6.92 Å². The molecule has 0 radical (unpaired) electrons. The summed E-state index contributed by atoms with van der Waals surface area (Å²) < 4.78 is 11.6. The third-order valence-electron chi connectivity index (χ3n) is 6.01. The van der Waals surface area contributed by atoms with E-state index in [9.17, 15) is 24.6 Å². The summed E-state index contributed by atoms with van der Waals surface area (Å²) in [6.07, 6.45) is 4.88. The van der Waals surface area contributed by atoms with Gasteiger partial charge in [-0.1, -0.05) is 30.3 Å². The Morgan fingerprint density at radius 1 is 1.19 bits per heavy atom. The molecule has 0 aliphatic carbocycles. The van der Waals surface area contributed by atoms with Crippen LogP contribution in [0.2, 0.25) is 0 Å². The molecule has 1 amide bonds. The fourth-order valence-electron chi connectivity index (χ4n) is 4.10. The van der Waals surface area contributed by atoms with Crippen molar-refractivity contribution >= 4 is 28.8 Å². The summed E-state index contributed by atoms with van der Waals surface area (Å²) in [5.41, 5.74) is 0.752. The molecule has 2 saturated heterocycles. The van der Waals surface area contributed by atoms with Crippen LogP contribution in [0.15, 0.2) is 23.8 Å². The Labute approximate surface area is 186 Å². The maximum Gasteiger partial charge on any atom is 0.330 e. The Morgan fingerprint density at radius 2 is 1.97 bits per heavy atom. The quantitative estimate of drug-likeness (QED) is 0.517. The van der Waals surface area contributed by atoms with Crippen LogP contribution < -0.4 is 5.32 Å². The van der Waals surface area contributed by atoms with Crippen molar-refractivity contribution in [2.75, 3.05) is 5.75 Å². The standard InChI is InChI=1S/C22H31NO7S/c1-13-3-5-15(24)6-8-18(25)14(2)4-7-16-10-17(29-20(26)9-13)11-22(28,30-16)19-12-31-21(27)23-19/h6,8-9,14-17,19,24,28H,3-5,7,10-12H2,1-2H3,(H,23,27)/b8-6+,13-9-/t14-,15-,16+,17+,19-,22+/m0/s1. The highest BCUT2D eigenvalue weighted by Gasteiger charge is 2.49. The van der Waals surface area contributed by atoms with E-state index < -0.39 is 36.1 Å². The van der Waals surface area contributed by atoms with Crippen molar-refractivity contribution in [3.05, 3.63) is 23.8 Å². The summed E-state index contributed by atoms with van der Waals surface area (Å²) in [4.78, 5) is 36.5. The monoisotopic (exact) mass is 453 g/mol. The second-order valence-electron chi connectivity index (χ2n) is 8.72. The zero-order chi connectivity index (χ0) is 22.6. The first-order valence-corrected chi connectivity index (χ1v) is 11.7. The number of carbonyl (C=O) groups is 3. The summed E-state index contributed by atoms with van der Waals surface area (Å²) >= 11 is 1.08. The Bertz CT molecular complexity index is 767.